The van der Waals surface area contributed by atoms with Crippen LogP contribution in [0.4, 0.5) is 11.5 Å². The minimum atomic E-state index is -0.496. The van der Waals surface area contributed by atoms with E-state index in [0.29, 0.717) is 50.4 Å². The van der Waals surface area contributed by atoms with E-state index in [1.807, 2.05) is 30.3 Å². The predicted molar refractivity (Wildman–Crippen MR) is 153 cm³/mol. The number of halogens is 1. The first-order chi connectivity index (χ1) is 18.8. The van der Waals surface area contributed by atoms with E-state index in [9.17, 15) is 9.59 Å². The highest BCUT2D eigenvalue weighted by atomic mass is 35.5. The summed E-state index contributed by atoms with van der Waals surface area (Å²) in [6, 6.07) is 21.4. The molecule has 0 fully saturated rings. The Morgan fingerprint density at radius 2 is 1.77 bits per heavy atom. The number of nitrogens with two attached hydrogens (primary N) is 1. The summed E-state index contributed by atoms with van der Waals surface area (Å²) in [5.41, 5.74) is 9.91. The zero-order chi connectivity index (χ0) is 27.7. The summed E-state index contributed by atoms with van der Waals surface area (Å²) in [7, 11) is 3.32. The van der Waals surface area contributed by atoms with Gasteiger partial charge in [-0.2, -0.15) is 0 Å². The van der Waals surface area contributed by atoms with Crippen LogP contribution in [-0.4, -0.2) is 32.3 Å². The molecule has 10 heteroatoms. The van der Waals surface area contributed by atoms with Gasteiger partial charge in [-0.25, -0.2) is 14.6 Å². The SMILES string of the molecule is COc1ccc(Cl)c(-c2cnc(N)c(-c3ccc(NC(=O)c4c(C)n(C)n(-c5ccccc5)c4=O)cc3)n2)c1. The molecule has 1 amide bonds. The number of hydrogen-bond donors (Lipinski definition) is 2. The van der Waals surface area contributed by atoms with Crippen LogP contribution >= 0.6 is 11.6 Å². The normalized spacial score (nSPS) is 10.9. The van der Waals surface area contributed by atoms with Gasteiger partial charge in [0.15, 0.2) is 0 Å². The van der Waals surface area contributed by atoms with Crippen LogP contribution in [0.2, 0.25) is 5.02 Å². The van der Waals surface area contributed by atoms with Crippen LogP contribution < -0.4 is 21.3 Å². The molecule has 3 aromatic carbocycles. The summed E-state index contributed by atoms with van der Waals surface area (Å²) in [4.78, 5) is 35.3. The van der Waals surface area contributed by atoms with Gasteiger partial charge >= 0.3 is 0 Å². The number of aromatic nitrogens is 4. The lowest BCUT2D eigenvalue weighted by Gasteiger charge is -2.11. The summed E-state index contributed by atoms with van der Waals surface area (Å²) in [5.74, 6) is 0.388. The van der Waals surface area contributed by atoms with Crippen LogP contribution in [0.15, 0.2) is 83.8 Å². The van der Waals surface area contributed by atoms with Gasteiger partial charge in [0.2, 0.25) is 0 Å². The number of carbonyl (C=O) groups is 1. The van der Waals surface area contributed by atoms with E-state index in [1.165, 1.54) is 4.68 Å². The average Bonchev–Trinajstić information content (AvgIpc) is 3.17. The molecule has 0 saturated carbocycles. The number of nitrogens with one attached hydrogen (secondary N) is 1. The van der Waals surface area contributed by atoms with Gasteiger partial charge in [-0.05, 0) is 49.4 Å². The molecule has 0 aliphatic carbocycles. The monoisotopic (exact) mass is 540 g/mol. The molecule has 0 radical (unpaired) electrons. The van der Waals surface area contributed by atoms with Gasteiger partial charge in [-0.15, -0.1) is 0 Å². The topological polar surface area (TPSA) is 117 Å². The third kappa shape index (κ3) is 4.87. The Morgan fingerprint density at radius 1 is 1.05 bits per heavy atom. The molecule has 39 heavy (non-hydrogen) atoms. The van der Waals surface area contributed by atoms with Crippen LogP contribution in [0.3, 0.4) is 0 Å². The van der Waals surface area contributed by atoms with E-state index in [0.717, 1.165) is 0 Å². The number of hydrogen-bond acceptors (Lipinski definition) is 6. The molecule has 0 saturated heterocycles. The highest BCUT2D eigenvalue weighted by Gasteiger charge is 2.22. The molecule has 0 spiro atoms. The van der Waals surface area contributed by atoms with Gasteiger partial charge in [-0.1, -0.05) is 41.9 Å². The number of rotatable bonds is 6. The molecule has 196 valence electrons. The van der Waals surface area contributed by atoms with E-state index in [4.69, 9.17) is 22.1 Å². The van der Waals surface area contributed by atoms with E-state index >= 15 is 0 Å². The summed E-state index contributed by atoms with van der Waals surface area (Å²) >= 11 is 6.39. The summed E-state index contributed by atoms with van der Waals surface area (Å²) in [6.45, 7) is 1.74. The average molecular weight is 541 g/mol. The van der Waals surface area contributed by atoms with Crippen LogP contribution in [0, 0.1) is 6.92 Å². The van der Waals surface area contributed by atoms with Crippen molar-refractivity contribution in [2.45, 2.75) is 6.92 Å². The Hall–Kier alpha value is -4.89. The molecule has 2 aromatic heterocycles. The highest BCUT2D eigenvalue weighted by molar-refractivity contribution is 6.33. The van der Waals surface area contributed by atoms with Crippen LogP contribution in [0.1, 0.15) is 16.1 Å². The predicted octanol–water partition coefficient (Wildman–Crippen LogP) is 5.10. The molecule has 0 bridgehead atoms. The Balaban J connectivity index is 1.42. The number of benzene rings is 3. The molecule has 2 heterocycles. The van der Waals surface area contributed by atoms with Crippen molar-refractivity contribution in [1.82, 2.24) is 19.3 Å². The third-order valence-corrected chi connectivity index (χ3v) is 6.78. The number of ether oxygens (including phenoxy) is 1. The fourth-order valence-electron chi connectivity index (χ4n) is 4.30. The van der Waals surface area contributed by atoms with Gasteiger partial charge in [-0.3, -0.25) is 14.3 Å². The first-order valence-electron chi connectivity index (χ1n) is 12.0. The summed E-state index contributed by atoms with van der Waals surface area (Å²) in [6.07, 6.45) is 1.55. The molecule has 9 nitrogen and oxygen atoms in total. The lowest BCUT2D eigenvalue weighted by atomic mass is 10.1. The van der Waals surface area contributed by atoms with Crippen molar-refractivity contribution in [3.63, 3.8) is 0 Å². The Labute approximate surface area is 229 Å². The van der Waals surface area contributed by atoms with Crippen molar-refractivity contribution in [2.24, 2.45) is 7.05 Å². The molecule has 0 unspecified atom stereocenters. The van der Waals surface area contributed by atoms with Gasteiger partial charge in [0.25, 0.3) is 11.5 Å². The van der Waals surface area contributed by atoms with E-state index in [2.05, 4.69) is 15.3 Å². The second kappa shape index (κ2) is 10.5. The summed E-state index contributed by atoms with van der Waals surface area (Å²) in [5, 5.41) is 3.32. The van der Waals surface area contributed by atoms with Gasteiger partial charge < -0.3 is 15.8 Å². The van der Waals surface area contributed by atoms with Crippen LogP contribution in [0.5, 0.6) is 5.75 Å². The van der Waals surface area contributed by atoms with Gasteiger partial charge in [0.1, 0.15) is 22.8 Å². The molecule has 3 N–H and O–H groups in total. The Kier molecular flexibility index (Phi) is 6.91. The summed E-state index contributed by atoms with van der Waals surface area (Å²) < 4.78 is 8.44. The minimum Gasteiger partial charge on any atom is -0.497 e. The van der Waals surface area contributed by atoms with E-state index in [-0.39, 0.29) is 11.4 Å². The van der Waals surface area contributed by atoms with E-state index < -0.39 is 11.5 Å². The molecule has 0 aliphatic heterocycles. The lowest BCUT2D eigenvalue weighted by Crippen LogP contribution is -2.25. The van der Waals surface area contributed by atoms with Crippen molar-refractivity contribution in [2.75, 3.05) is 18.2 Å². The molecule has 5 rings (SSSR count). The Bertz CT molecular complexity index is 1740. The number of amides is 1. The van der Waals surface area contributed by atoms with Crippen molar-refractivity contribution < 1.29 is 9.53 Å². The van der Waals surface area contributed by atoms with Gasteiger partial charge in [0.05, 0.1) is 35.4 Å². The fourth-order valence-corrected chi connectivity index (χ4v) is 4.52. The first-order valence-corrected chi connectivity index (χ1v) is 12.4. The highest BCUT2D eigenvalue weighted by Crippen LogP contribution is 2.33. The maximum atomic E-state index is 13.2. The number of para-hydroxylation sites is 1. The number of nitrogens with zero attached hydrogens (tertiary/aromatic N) is 4. The van der Waals surface area contributed by atoms with Crippen molar-refractivity contribution in [3.8, 4) is 34.0 Å². The van der Waals surface area contributed by atoms with Gasteiger partial charge in [0, 0.05) is 23.9 Å². The first kappa shape index (κ1) is 25.7. The number of methoxy groups -OCH3 is 1. The number of nitrogen functional groups attached to an aromatic ring is 1. The standard InChI is InChI=1S/C29H25ClN6O3/c1-17-25(29(38)36(35(17)2)20-7-5-4-6-8-20)28(37)33-19-11-9-18(10-12-19)26-27(31)32-16-24(34-26)22-15-21(39-3)13-14-23(22)30/h4-16H,1-3H3,(H2,31,32)(H,33,37). The maximum Gasteiger partial charge on any atom is 0.284 e. The maximum absolute atomic E-state index is 13.2. The lowest BCUT2D eigenvalue weighted by molar-refractivity contribution is 0.102. The molecular weight excluding hydrogens is 516 g/mol. The number of carbonyl (C=O) groups excluding carboxylic acids is 1. The fraction of sp³-hybridized carbons (Fsp3) is 0.103. The minimum absolute atomic E-state index is 0.0726. The molecule has 0 atom stereocenters. The smallest absolute Gasteiger partial charge is 0.284 e. The quantitative estimate of drug-likeness (QED) is 0.309. The third-order valence-electron chi connectivity index (χ3n) is 6.45. The molecular formula is C29H25ClN6O3. The van der Waals surface area contributed by atoms with Crippen LogP contribution in [0.25, 0.3) is 28.2 Å². The zero-order valence-electron chi connectivity index (χ0n) is 21.5. The molecule has 0 aliphatic rings. The molecule has 5 aromatic rings. The second-order valence-electron chi connectivity index (χ2n) is 8.80. The zero-order valence-corrected chi connectivity index (χ0v) is 22.2. The van der Waals surface area contributed by atoms with Crippen LogP contribution in [-0.2, 0) is 7.05 Å². The Morgan fingerprint density at radius 3 is 2.46 bits per heavy atom. The van der Waals surface area contributed by atoms with Crippen molar-refractivity contribution in [3.05, 3.63) is 106 Å². The largest absolute Gasteiger partial charge is 0.497 e. The van der Waals surface area contributed by atoms with Crippen molar-refractivity contribution in [1.29, 1.82) is 0 Å². The van der Waals surface area contributed by atoms with E-state index in [1.54, 1.807) is 74.4 Å². The second-order valence-corrected chi connectivity index (χ2v) is 9.21. The number of anilines is 2. The van der Waals surface area contributed by atoms with Crippen molar-refractivity contribution >= 4 is 29.0 Å².